The number of aryl methyl sites for hydroxylation is 2. The molecule has 0 atom stereocenters. The normalized spacial score (nSPS) is 11.1. The van der Waals surface area contributed by atoms with E-state index in [0.717, 1.165) is 11.1 Å². The Kier molecular flexibility index (Phi) is 6.26. The number of amides is 1. The number of hydrogen-bond donors (Lipinski definition) is 1. The van der Waals surface area contributed by atoms with Crippen molar-refractivity contribution in [2.24, 2.45) is 0 Å². The lowest BCUT2D eigenvalue weighted by molar-refractivity contribution is 0.0956. The average molecular weight is 377 g/mol. The Morgan fingerprint density at radius 3 is 2.27 bits per heavy atom. The fourth-order valence-electron chi connectivity index (χ4n) is 2.41. The fraction of sp³-hybridized carbons (Fsp3) is 0.316. The van der Waals surface area contributed by atoms with Gasteiger partial charge in [-0.2, -0.15) is 0 Å². The number of ether oxygens (including phenoxy) is 2. The van der Waals surface area contributed by atoms with Gasteiger partial charge in [0.05, 0.1) is 24.9 Å². The largest absolute Gasteiger partial charge is 0.493 e. The molecule has 0 bridgehead atoms. The number of rotatable bonds is 7. The van der Waals surface area contributed by atoms with Gasteiger partial charge in [-0.1, -0.05) is 6.07 Å². The van der Waals surface area contributed by atoms with Crippen molar-refractivity contribution in [2.45, 2.75) is 18.7 Å². The molecule has 7 heteroatoms. The predicted octanol–water partition coefficient (Wildman–Crippen LogP) is 2.52. The average Bonchev–Trinajstić information content (AvgIpc) is 2.63. The second-order valence-corrected chi connectivity index (χ2v) is 8.00. The van der Waals surface area contributed by atoms with Crippen molar-refractivity contribution in [3.63, 3.8) is 0 Å². The molecular weight excluding hydrogens is 354 g/mol. The molecule has 2 aromatic rings. The minimum atomic E-state index is -3.56. The van der Waals surface area contributed by atoms with Gasteiger partial charge < -0.3 is 14.8 Å². The molecule has 0 aromatic heterocycles. The van der Waals surface area contributed by atoms with Gasteiger partial charge >= 0.3 is 0 Å². The molecule has 2 aromatic carbocycles. The van der Waals surface area contributed by atoms with Crippen LogP contribution >= 0.6 is 0 Å². The van der Waals surface area contributed by atoms with E-state index in [1.165, 1.54) is 26.4 Å². The zero-order chi connectivity index (χ0) is 19.3. The Balaban J connectivity index is 2.04. The summed E-state index contributed by atoms with van der Waals surface area (Å²) in [4.78, 5) is 12.3. The first-order valence-corrected chi connectivity index (χ1v) is 9.74. The van der Waals surface area contributed by atoms with Crippen molar-refractivity contribution in [2.75, 3.05) is 26.5 Å². The summed E-state index contributed by atoms with van der Waals surface area (Å²) >= 11 is 0. The third-order valence-electron chi connectivity index (χ3n) is 4.14. The van der Waals surface area contributed by atoms with Crippen molar-refractivity contribution in [3.05, 3.63) is 53.1 Å². The van der Waals surface area contributed by atoms with Gasteiger partial charge in [-0.25, -0.2) is 8.42 Å². The lowest BCUT2D eigenvalue weighted by Crippen LogP contribution is -2.29. The lowest BCUT2D eigenvalue weighted by Gasteiger charge is -2.11. The van der Waals surface area contributed by atoms with Crippen molar-refractivity contribution in [1.29, 1.82) is 0 Å². The maximum absolute atomic E-state index is 12.5. The fourth-order valence-corrected chi connectivity index (χ4v) is 3.58. The summed E-state index contributed by atoms with van der Waals surface area (Å²) in [6.45, 7) is 3.91. The van der Waals surface area contributed by atoms with E-state index in [-0.39, 0.29) is 23.1 Å². The Labute approximate surface area is 154 Å². The second-order valence-electron chi connectivity index (χ2n) is 5.89. The zero-order valence-electron chi connectivity index (χ0n) is 15.3. The number of benzene rings is 2. The van der Waals surface area contributed by atoms with E-state index >= 15 is 0 Å². The van der Waals surface area contributed by atoms with Crippen LogP contribution in [0.5, 0.6) is 11.5 Å². The van der Waals surface area contributed by atoms with E-state index in [9.17, 15) is 13.2 Å². The van der Waals surface area contributed by atoms with Gasteiger partial charge in [0.1, 0.15) is 0 Å². The van der Waals surface area contributed by atoms with Gasteiger partial charge in [0.2, 0.25) is 0 Å². The summed E-state index contributed by atoms with van der Waals surface area (Å²) in [5.41, 5.74) is 2.62. The third-order valence-corrected chi connectivity index (χ3v) is 5.85. The van der Waals surface area contributed by atoms with E-state index in [1.807, 2.05) is 19.9 Å². The summed E-state index contributed by atoms with van der Waals surface area (Å²) in [6, 6.07) is 9.79. The molecule has 1 N–H and O–H groups in total. The number of hydrogen-bond acceptors (Lipinski definition) is 5. The van der Waals surface area contributed by atoms with Crippen molar-refractivity contribution >= 4 is 15.7 Å². The van der Waals surface area contributed by atoms with Crippen LogP contribution in [0.3, 0.4) is 0 Å². The van der Waals surface area contributed by atoms with E-state index in [2.05, 4.69) is 5.32 Å². The number of carbonyl (C=O) groups excluding carboxylic acids is 1. The topological polar surface area (TPSA) is 81.7 Å². The highest BCUT2D eigenvalue weighted by Gasteiger charge is 2.18. The van der Waals surface area contributed by atoms with Gasteiger partial charge in [-0.05, 0) is 49.2 Å². The molecule has 1 amide bonds. The Hall–Kier alpha value is -2.54. The molecule has 0 unspecified atom stereocenters. The molecule has 0 saturated heterocycles. The number of nitrogens with one attached hydrogen (secondary N) is 1. The van der Waals surface area contributed by atoms with Gasteiger partial charge in [0, 0.05) is 18.2 Å². The highest BCUT2D eigenvalue weighted by atomic mass is 32.2. The standard InChI is InChI=1S/C19H23NO5S/c1-13-5-6-15(11-14(13)2)19(21)20-9-10-26(22,23)16-7-8-17(24-3)18(12-16)25-4/h5-8,11-12H,9-10H2,1-4H3,(H,20,21). The van der Waals surface area contributed by atoms with Gasteiger partial charge in [0.25, 0.3) is 5.91 Å². The molecule has 0 spiro atoms. The predicted molar refractivity (Wildman–Crippen MR) is 99.8 cm³/mol. The van der Waals surface area contributed by atoms with E-state index in [0.29, 0.717) is 17.1 Å². The molecule has 0 heterocycles. The van der Waals surface area contributed by atoms with Gasteiger partial charge in [-0.15, -0.1) is 0 Å². The molecule has 0 aliphatic rings. The van der Waals surface area contributed by atoms with Crippen LogP contribution in [0.2, 0.25) is 0 Å². The highest BCUT2D eigenvalue weighted by Crippen LogP contribution is 2.29. The van der Waals surface area contributed by atoms with Gasteiger partial charge in [0.15, 0.2) is 21.3 Å². The molecule has 0 radical (unpaired) electrons. The summed E-state index contributed by atoms with van der Waals surface area (Å²) in [5, 5.41) is 2.65. The van der Waals surface area contributed by atoms with Crippen LogP contribution in [0.15, 0.2) is 41.3 Å². The molecule has 6 nitrogen and oxygen atoms in total. The van der Waals surface area contributed by atoms with Crippen molar-refractivity contribution in [1.82, 2.24) is 5.32 Å². The molecule has 0 aliphatic carbocycles. The Morgan fingerprint density at radius 1 is 0.962 bits per heavy atom. The molecule has 26 heavy (non-hydrogen) atoms. The quantitative estimate of drug-likeness (QED) is 0.802. The summed E-state index contributed by atoms with van der Waals surface area (Å²) in [6.07, 6.45) is 0. The lowest BCUT2D eigenvalue weighted by atomic mass is 10.1. The first kappa shape index (κ1) is 19.8. The SMILES string of the molecule is COc1ccc(S(=O)(=O)CCNC(=O)c2ccc(C)c(C)c2)cc1OC. The smallest absolute Gasteiger partial charge is 0.251 e. The molecule has 140 valence electrons. The Bertz CT molecular complexity index is 906. The molecule has 2 rings (SSSR count). The third kappa shape index (κ3) is 4.54. The van der Waals surface area contributed by atoms with Crippen LogP contribution in [0, 0.1) is 13.8 Å². The number of carbonyl (C=O) groups is 1. The zero-order valence-corrected chi connectivity index (χ0v) is 16.1. The number of sulfone groups is 1. The summed E-state index contributed by atoms with van der Waals surface area (Å²) in [5.74, 6) is 0.289. The minimum Gasteiger partial charge on any atom is -0.493 e. The molecule has 0 fully saturated rings. The van der Waals surface area contributed by atoms with Crippen LogP contribution in [0.1, 0.15) is 21.5 Å². The first-order chi connectivity index (χ1) is 12.3. The van der Waals surface area contributed by atoms with Crippen molar-refractivity contribution < 1.29 is 22.7 Å². The summed E-state index contributed by atoms with van der Waals surface area (Å²) < 4.78 is 35.2. The van der Waals surface area contributed by atoms with Gasteiger partial charge in [-0.3, -0.25) is 4.79 Å². The monoisotopic (exact) mass is 377 g/mol. The molecule has 0 aliphatic heterocycles. The number of methoxy groups -OCH3 is 2. The van der Waals surface area contributed by atoms with Crippen LogP contribution in [0.4, 0.5) is 0 Å². The summed E-state index contributed by atoms with van der Waals surface area (Å²) in [7, 11) is -0.638. The van der Waals surface area contributed by atoms with E-state index in [1.54, 1.807) is 18.2 Å². The van der Waals surface area contributed by atoms with Crippen molar-refractivity contribution in [3.8, 4) is 11.5 Å². The van der Waals surface area contributed by atoms with Crippen LogP contribution < -0.4 is 14.8 Å². The maximum Gasteiger partial charge on any atom is 0.251 e. The highest BCUT2D eigenvalue weighted by molar-refractivity contribution is 7.91. The van der Waals surface area contributed by atoms with Crippen LogP contribution in [-0.4, -0.2) is 40.8 Å². The van der Waals surface area contributed by atoms with E-state index < -0.39 is 9.84 Å². The first-order valence-electron chi connectivity index (χ1n) is 8.08. The van der Waals surface area contributed by atoms with Crippen LogP contribution in [0.25, 0.3) is 0 Å². The molecular formula is C19H23NO5S. The maximum atomic E-state index is 12.5. The Morgan fingerprint density at radius 2 is 1.65 bits per heavy atom. The second kappa shape index (κ2) is 8.23. The van der Waals surface area contributed by atoms with E-state index in [4.69, 9.17) is 9.47 Å². The van der Waals surface area contributed by atoms with Crippen LogP contribution in [-0.2, 0) is 9.84 Å². The molecule has 0 saturated carbocycles. The minimum absolute atomic E-state index is 0.0163.